The normalized spacial score (nSPS) is 16.1. The van der Waals surface area contributed by atoms with Crippen LogP contribution in [0.1, 0.15) is 36.8 Å². The number of rotatable bonds is 7. The van der Waals surface area contributed by atoms with Crippen LogP contribution in [-0.2, 0) is 13.0 Å². The maximum Gasteiger partial charge on any atom is 0.0521 e. The van der Waals surface area contributed by atoms with Gasteiger partial charge in [0.1, 0.15) is 0 Å². The van der Waals surface area contributed by atoms with Gasteiger partial charge in [0.05, 0.1) is 6.20 Å². The molecule has 4 heteroatoms. The van der Waals surface area contributed by atoms with Gasteiger partial charge < -0.3 is 5.32 Å². The molecule has 0 aliphatic heterocycles. The molecule has 0 bridgehead atoms. The van der Waals surface area contributed by atoms with Gasteiger partial charge in [0, 0.05) is 35.7 Å². The summed E-state index contributed by atoms with van der Waals surface area (Å²) in [5, 5.41) is 8.07. The maximum absolute atomic E-state index is 4.39. The summed E-state index contributed by atoms with van der Waals surface area (Å²) in [5.74, 6) is 0.498. The van der Waals surface area contributed by atoms with Crippen LogP contribution in [-0.4, -0.2) is 22.4 Å². The Morgan fingerprint density at radius 2 is 2.29 bits per heavy atom. The molecule has 112 valence electrons. The number of hydrogen-bond donors (Lipinski definition) is 1. The molecule has 3 nitrogen and oxygen atoms in total. The molecular weight excluding hydrogens is 326 g/mol. The number of nitrogens with one attached hydrogen (secondary N) is 1. The van der Waals surface area contributed by atoms with E-state index in [9.17, 15) is 0 Å². The highest BCUT2D eigenvalue weighted by Gasteiger charge is 2.23. The van der Waals surface area contributed by atoms with Crippen molar-refractivity contribution in [3.8, 4) is 0 Å². The van der Waals surface area contributed by atoms with Crippen molar-refractivity contribution in [1.82, 2.24) is 15.1 Å². The van der Waals surface area contributed by atoms with Gasteiger partial charge >= 0.3 is 0 Å². The van der Waals surface area contributed by atoms with Crippen LogP contribution in [0, 0.1) is 0 Å². The summed E-state index contributed by atoms with van der Waals surface area (Å²) in [6.07, 6.45) is 7.88. The summed E-state index contributed by atoms with van der Waals surface area (Å²) in [6, 6.07) is 9.43. The monoisotopic (exact) mass is 347 g/mol. The van der Waals surface area contributed by atoms with Crippen LogP contribution in [0.5, 0.6) is 0 Å². The fourth-order valence-electron chi connectivity index (χ4n) is 2.63. The number of halogens is 1. The fraction of sp³-hybridized carbons (Fsp3) is 0.471. The highest BCUT2D eigenvalue weighted by atomic mass is 79.9. The van der Waals surface area contributed by atoms with E-state index in [4.69, 9.17) is 0 Å². The number of hydrogen-bond acceptors (Lipinski definition) is 2. The van der Waals surface area contributed by atoms with Gasteiger partial charge in [-0.1, -0.05) is 28.1 Å². The van der Waals surface area contributed by atoms with Crippen molar-refractivity contribution < 1.29 is 0 Å². The number of aromatic nitrogens is 2. The van der Waals surface area contributed by atoms with Crippen molar-refractivity contribution in [2.75, 3.05) is 6.54 Å². The molecule has 2 aromatic rings. The van der Waals surface area contributed by atoms with E-state index in [1.807, 2.05) is 10.9 Å². The van der Waals surface area contributed by atoms with Gasteiger partial charge in [0.2, 0.25) is 0 Å². The van der Waals surface area contributed by atoms with E-state index in [1.165, 1.54) is 24.0 Å². The maximum atomic E-state index is 4.39. The first kappa shape index (κ1) is 14.8. The van der Waals surface area contributed by atoms with Crippen molar-refractivity contribution in [1.29, 1.82) is 0 Å². The lowest BCUT2D eigenvalue weighted by Crippen LogP contribution is -2.24. The van der Waals surface area contributed by atoms with Gasteiger partial charge in [-0.3, -0.25) is 4.68 Å². The lowest BCUT2D eigenvalue weighted by Gasteiger charge is -2.18. The number of aryl methyl sites for hydroxylation is 1. The Hall–Kier alpha value is -1.13. The molecule has 1 aliphatic rings. The Labute approximate surface area is 134 Å². The SMILES string of the molecule is CCn1cc(CC(CNC2CC2)c2cccc(Br)c2)cn1. The molecule has 0 radical (unpaired) electrons. The van der Waals surface area contributed by atoms with E-state index in [-0.39, 0.29) is 0 Å². The smallest absolute Gasteiger partial charge is 0.0521 e. The van der Waals surface area contributed by atoms with Gasteiger partial charge in [-0.05, 0) is 49.4 Å². The summed E-state index contributed by atoms with van der Waals surface area (Å²) in [4.78, 5) is 0. The average Bonchev–Trinajstić information content (AvgIpc) is 3.21. The predicted molar refractivity (Wildman–Crippen MR) is 89.5 cm³/mol. The molecule has 21 heavy (non-hydrogen) atoms. The molecular formula is C17H22BrN3. The van der Waals surface area contributed by atoms with Crippen LogP contribution in [0.15, 0.2) is 41.1 Å². The molecule has 1 saturated carbocycles. The zero-order chi connectivity index (χ0) is 14.7. The van der Waals surface area contributed by atoms with Gasteiger partial charge in [-0.15, -0.1) is 0 Å². The minimum atomic E-state index is 0.498. The van der Waals surface area contributed by atoms with E-state index in [0.29, 0.717) is 5.92 Å². The highest BCUT2D eigenvalue weighted by Crippen LogP contribution is 2.25. The molecule has 0 amide bonds. The third-order valence-electron chi connectivity index (χ3n) is 4.04. The summed E-state index contributed by atoms with van der Waals surface area (Å²) >= 11 is 3.59. The first-order valence-corrected chi connectivity index (χ1v) is 8.54. The lowest BCUT2D eigenvalue weighted by molar-refractivity contribution is 0.576. The van der Waals surface area contributed by atoms with Crippen LogP contribution >= 0.6 is 15.9 Å². The zero-order valence-corrected chi connectivity index (χ0v) is 14.0. The van der Waals surface area contributed by atoms with Gasteiger partial charge in [0.25, 0.3) is 0 Å². The van der Waals surface area contributed by atoms with E-state index in [0.717, 1.165) is 30.0 Å². The second-order valence-corrected chi connectivity index (χ2v) is 6.76. The van der Waals surface area contributed by atoms with Crippen molar-refractivity contribution in [2.45, 2.75) is 44.7 Å². The first-order valence-electron chi connectivity index (χ1n) is 7.74. The van der Waals surface area contributed by atoms with Crippen molar-refractivity contribution in [3.63, 3.8) is 0 Å². The molecule has 1 heterocycles. The van der Waals surface area contributed by atoms with Crippen molar-refractivity contribution in [2.24, 2.45) is 0 Å². The Kier molecular flexibility index (Phi) is 4.76. The molecule has 1 aromatic carbocycles. The predicted octanol–water partition coefficient (Wildman–Crippen LogP) is 3.74. The third kappa shape index (κ3) is 4.17. The lowest BCUT2D eigenvalue weighted by atomic mass is 9.93. The molecule has 0 saturated heterocycles. The molecule has 1 fully saturated rings. The van der Waals surface area contributed by atoms with E-state index < -0.39 is 0 Å². The molecule has 3 rings (SSSR count). The van der Waals surface area contributed by atoms with Crippen molar-refractivity contribution in [3.05, 3.63) is 52.3 Å². The Morgan fingerprint density at radius 3 is 2.95 bits per heavy atom. The van der Waals surface area contributed by atoms with Gasteiger partial charge in [-0.25, -0.2) is 0 Å². The van der Waals surface area contributed by atoms with Crippen LogP contribution < -0.4 is 5.32 Å². The Morgan fingerprint density at radius 1 is 1.43 bits per heavy atom. The standard InChI is InChI=1S/C17H22BrN3/c1-2-21-12-13(10-20-21)8-15(11-19-17-6-7-17)14-4-3-5-16(18)9-14/h3-5,9-10,12,15,17,19H,2,6-8,11H2,1H3. The number of benzene rings is 1. The van der Waals surface area contributed by atoms with E-state index >= 15 is 0 Å². The van der Waals surface area contributed by atoms with Crippen LogP contribution in [0.2, 0.25) is 0 Å². The first-order chi connectivity index (χ1) is 10.2. The Bertz CT molecular complexity index is 589. The van der Waals surface area contributed by atoms with Crippen molar-refractivity contribution >= 4 is 15.9 Å². The molecule has 1 aliphatic carbocycles. The van der Waals surface area contributed by atoms with Gasteiger partial charge in [0.15, 0.2) is 0 Å². The largest absolute Gasteiger partial charge is 0.313 e. The molecule has 1 atom stereocenters. The highest BCUT2D eigenvalue weighted by molar-refractivity contribution is 9.10. The van der Waals surface area contributed by atoms with E-state index in [1.54, 1.807) is 0 Å². The quantitative estimate of drug-likeness (QED) is 0.826. The second kappa shape index (κ2) is 6.75. The molecule has 0 spiro atoms. The summed E-state index contributed by atoms with van der Waals surface area (Å²) < 4.78 is 3.16. The average molecular weight is 348 g/mol. The second-order valence-electron chi connectivity index (χ2n) is 5.84. The summed E-state index contributed by atoms with van der Waals surface area (Å²) in [6.45, 7) is 4.09. The van der Waals surface area contributed by atoms with Gasteiger partial charge in [-0.2, -0.15) is 5.10 Å². The fourth-order valence-corrected chi connectivity index (χ4v) is 3.05. The number of nitrogens with zero attached hydrogens (tertiary/aromatic N) is 2. The minimum absolute atomic E-state index is 0.498. The van der Waals surface area contributed by atoms with Crippen LogP contribution in [0.4, 0.5) is 0 Å². The molecule has 1 unspecified atom stereocenters. The summed E-state index contributed by atoms with van der Waals surface area (Å²) in [7, 11) is 0. The summed E-state index contributed by atoms with van der Waals surface area (Å²) in [5.41, 5.74) is 2.71. The third-order valence-corrected chi connectivity index (χ3v) is 4.54. The van der Waals surface area contributed by atoms with Crippen LogP contribution in [0.3, 0.4) is 0 Å². The molecule has 1 aromatic heterocycles. The topological polar surface area (TPSA) is 29.9 Å². The van der Waals surface area contributed by atoms with Crippen LogP contribution in [0.25, 0.3) is 0 Å². The molecule has 1 N–H and O–H groups in total. The minimum Gasteiger partial charge on any atom is -0.313 e. The zero-order valence-electron chi connectivity index (χ0n) is 12.4. The van der Waals surface area contributed by atoms with E-state index in [2.05, 4.69) is 63.7 Å². The Balaban J connectivity index is 1.73.